The van der Waals surface area contributed by atoms with Crippen molar-refractivity contribution in [3.63, 3.8) is 0 Å². The lowest BCUT2D eigenvalue weighted by Gasteiger charge is -2.28. The third kappa shape index (κ3) is 4.98. The van der Waals surface area contributed by atoms with Crippen molar-refractivity contribution in [2.45, 2.75) is 72.4 Å². The molecule has 3 nitrogen and oxygen atoms in total. The summed E-state index contributed by atoms with van der Waals surface area (Å²) in [6.07, 6.45) is 13.5. The Hall–Kier alpha value is -1.51. The first-order chi connectivity index (χ1) is 11.0. The Kier molecular flexibility index (Phi) is 6.49. The molecule has 128 valence electrons. The topological polar surface area (TPSA) is 36.4 Å². The van der Waals surface area contributed by atoms with Crippen molar-refractivity contribution in [2.24, 2.45) is 16.8 Å². The first-order valence-electron chi connectivity index (χ1n) is 9.24. The SMILES string of the molecule is CCCC1CC=CC(NC2=CC(C(C)C(C)C)=CC(CC)N2)=N1. The van der Waals surface area contributed by atoms with Crippen molar-refractivity contribution in [2.75, 3.05) is 0 Å². The Morgan fingerprint density at radius 2 is 2.09 bits per heavy atom. The van der Waals surface area contributed by atoms with Crippen LogP contribution in [0.4, 0.5) is 0 Å². The van der Waals surface area contributed by atoms with Gasteiger partial charge in [-0.3, -0.25) is 4.99 Å². The average Bonchev–Trinajstić information content (AvgIpc) is 2.54. The Morgan fingerprint density at radius 3 is 2.74 bits per heavy atom. The van der Waals surface area contributed by atoms with E-state index in [1.807, 2.05) is 0 Å². The number of allylic oxidation sites excluding steroid dienone is 2. The van der Waals surface area contributed by atoms with Crippen LogP contribution in [0.3, 0.4) is 0 Å². The van der Waals surface area contributed by atoms with Gasteiger partial charge in [0.25, 0.3) is 0 Å². The predicted octanol–water partition coefficient (Wildman–Crippen LogP) is 4.54. The number of aliphatic imine (C=N–C) groups is 1. The zero-order valence-corrected chi connectivity index (χ0v) is 15.4. The van der Waals surface area contributed by atoms with Gasteiger partial charge in [-0.05, 0) is 48.8 Å². The van der Waals surface area contributed by atoms with Gasteiger partial charge in [-0.15, -0.1) is 0 Å². The summed E-state index contributed by atoms with van der Waals surface area (Å²) in [7, 11) is 0. The van der Waals surface area contributed by atoms with Gasteiger partial charge < -0.3 is 10.6 Å². The van der Waals surface area contributed by atoms with Crippen molar-refractivity contribution in [1.29, 1.82) is 0 Å². The highest BCUT2D eigenvalue weighted by Crippen LogP contribution is 2.25. The lowest BCUT2D eigenvalue weighted by Crippen LogP contribution is -2.39. The van der Waals surface area contributed by atoms with Gasteiger partial charge in [0.1, 0.15) is 11.7 Å². The van der Waals surface area contributed by atoms with E-state index in [0.717, 1.165) is 30.9 Å². The average molecular weight is 316 g/mol. The van der Waals surface area contributed by atoms with E-state index in [0.29, 0.717) is 23.9 Å². The Bertz CT molecular complexity index is 511. The van der Waals surface area contributed by atoms with E-state index in [4.69, 9.17) is 4.99 Å². The number of amidine groups is 1. The summed E-state index contributed by atoms with van der Waals surface area (Å²) in [5.74, 6) is 3.29. The highest BCUT2D eigenvalue weighted by Gasteiger charge is 2.19. The quantitative estimate of drug-likeness (QED) is 0.754. The minimum Gasteiger partial charge on any atom is -0.365 e. The third-order valence-corrected chi connectivity index (χ3v) is 4.90. The second-order valence-corrected chi connectivity index (χ2v) is 7.14. The summed E-state index contributed by atoms with van der Waals surface area (Å²) in [6, 6.07) is 0.835. The largest absolute Gasteiger partial charge is 0.365 e. The molecule has 3 atom stereocenters. The number of nitrogens with zero attached hydrogens (tertiary/aromatic N) is 1. The van der Waals surface area contributed by atoms with Crippen molar-refractivity contribution >= 4 is 5.84 Å². The van der Waals surface area contributed by atoms with Crippen LogP contribution in [0.2, 0.25) is 0 Å². The van der Waals surface area contributed by atoms with Crippen LogP contribution in [0.15, 0.2) is 40.7 Å². The Morgan fingerprint density at radius 1 is 1.30 bits per heavy atom. The maximum Gasteiger partial charge on any atom is 0.126 e. The van der Waals surface area contributed by atoms with E-state index < -0.39 is 0 Å². The highest BCUT2D eigenvalue weighted by molar-refractivity contribution is 5.94. The molecule has 0 aromatic rings. The molecule has 3 unspecified atom stereocenters. The maximum atomic E-state index is 4.84. The van der Waals surface area contributed by atoms with Gasteiger partial charge in [-0.1, -0.05) is 53.2 Å². The van der Waals surface area contributed by atoms with Crippen molar-refractivity contribution in [3.05, 3.63) is 35.7 Å². The third-order valence-electron chi connectivity index (χ3n) is 4.90. The molecular weight excluding hydrogens is 282 g/mol. The molecule has 0 spiro atoms. The summed E-state index contributed by atoms with van der Waals surface area (Å²) in [4.78, 5) is 4.84. The van der Waals surface area contributed by atoms with Crippen LogP contribution in [-0.2, 0) is 0 Å². The van der Waals surface area contributed by atoms with Crippen LogP contribution in [-0.4, -0.2) is 17.9 Å². The standard InChI is InChI=1S/C20H33N3/c1-6-9-18-10-8-11-19(22-18)23-20-13-16(15(5)14(3)4)12-17(7-2)21-20/h8,11-15,17-18,21H,6-7,9-10H2,1-5H3,(H,22,23). The van der Waals surface area contributed by atoms with Crippen LogP contribution in [0.1, 0.15) is 60.3 Å². The highest BCUT2D eigenvalue weighted by atomic mass is 15.1. The molecule has 0 aromatic carbocycles. The number of dihydropyridines is 2. The molecule has 3 heteroatoms. The molecule has 2 N–H and O–H groups in total. The molecule has 2 aliphatic heterocycles. The molecule has 0 saturated carbocycles. The van der Waals surface area contributed by atoms with Crippen LogP contribution in [0.25, 0.3) is 0 Å². The molecule has 2 aliphatic rings. The van der Waals surface area contributed by atoms with Crippen LogP contribution in [0, 0.1) is 11.8 Å². The van der Waals surface area contributed by atoms with Crippen LogP contribution in [0.5, 0.6) is 0 Å². The Balaban J connectivity index is 2.12. The van der Waals surface area contributed by atoms with Gasteiger partial charge in [0.05, 0.1) is 6.04 Å². The first-order valence-corrected chi connectivity index (χ1v) is 9.24. The molecule has 23 heavy (non-hydrogen) atoms. The van der Waals surface area contributed by atoms with Gasteiger partial charge in [0.2, 0.25) is 0 Å². The molecule has 2 rings (SSSR count). The summed E-state index contributed by atoms with van der Waals surface area (Å²) < 4.78 is 0. The monoisotopic (exact) mass is 315 g/mol. The van der Waals surface area contributed by atoms with E-state index in [9.17, 15) is 0 Å². The summed E-state index contributed by atoms with van der Waals surface area (Å²) in [5, 5.41) is 7.09. The van der Waals surface area contributed by atoms with E-state index in [-0.39, 0.29) is 0 Å². The minimum absolute atomic E-state index is 0.401. The van der Waals surface area contributed by atoms with E-state index in [1.165, 1.54) is 12.0 Å². The smallest absolute Gasteiger partial charge is 0.126 e. The second kappa shape index (κ2) is 8.37. The number of hydrogen-bond donors (Lipinski definition) is 2. The van der Waals surface area contributed by atoms with Crippen LogP contribution < -0.4 is 10.6 Å². The molecule has 0 radical (unpaired) electrons. The molecule has 0 amide bonds. The zero-order chi connectivity index (χ0) is 16.8. The summed E-state index contributed by atoms with van der Waals surface area (Å²) in [6.45, 7) is 11.3. The van der Waals surface area contributed by atoms with E-state index in [2.05, 4.69) is 69.6 Å². The molecule has 0 aromatic heterocycles. The van der Waals surface area contributed by atoms with Crippen LogP contribution >= 0.6 is 0 Å². The fraction of sp³-hybridized carbons (Fsp3) is 0.650. The molecule has 0 aliphatic carbocycles. The van der Waals surface area contributed by atoms with Gasteiger partial charge in [-0.25, -0.2) is 0 Å². The Labute approximate surface area is 142 Å². The fourth-order valence-electron chi connectivity index (χ4n) is 3.05. The van der Waals surface area contributed by atoms with Crippen molar-refractivity contribution < 1.29 is 0 Å². The number of hydrogen-bond acceptors (Lipinski definition) is 3. The van der Waals surface area contributed by atoms with Gasteiger partial charge >= 0.3 is 0 Å². The molecule has 0 saturated heterocycles. The number of rotatable bonds is 6. The zero-order valence-electron chi connectivity index (χ0n) is 15.4. The normalized spacial score (nSPS) is 25.4. The fourth-order valence-corrected chi connectivity index (χ4v) is 3.05. The molecule has 0 fully saturated rings. The lowest BCUT2D eigenvalue weighted by atomic mass is 9.87. The van der Waals surface area contributed by atoms with E-state index >= 15 is 0 Å². The van der Waals surface area contributed by atoms with E-state index in [1.54, 1.807) is 0 Å². The lowest BCUT2D eigenvalue weighted by molar-refractivity contribution is 0.476. The summed E-state index contributed by atoms with van der Waals surface area (Å²) >= 11 is 0. The summed E-state index contributed by atoms with van der Waals surface area (Å²) in [5.41, 5.74) is 1.43. The predicted molar refractivity (Wildman–Crippen MR) is 100 cm³/mol. The number of nitrogens with one attached hydrogen (secondary N) is 2. The van der Waals surface area contributed by atoms with Crippen molar-refractivity contribution in [3.8, 4) is 0 Å². The van der Waals surface area contributed by atoms with Gasteiger partial charge in [0, 0.05) is 6.04 Å². The first kappa shape index (κ1) is 17.8. The van der Waals surface area contributed by atoms with Gasteiger partial charge in [0.15, 0.2) is 0 Å². The molecular formula is C20H33N3. The molecule has 0 bridgehead atoms. The van der Waals surface area contributed by atoms with Crippen molar-refractivity contribution in [1.82, 2.24) is 10.6 Å². The van der Waals surface area contributed by atoms with Gasteiger partial charge in [-0.2, -0.15) is 0 Å². The minimum atomic E-state index is 0.401. The maximum absolute atomic E-state index is 4.84. The molecule has 2 heterocycles. The second-order valence-electron chi connectivity index (χ2n) is 7.14.